The molecule has 1 fully saturated rings. The van der Waals surface area contributed by atoms with Gasteiger partial charge in [-0.2, -0.15) is 26.9 Å². The minimum absolute atomic E-state index is 0. The van der Waals surface area contributed by atoms with Gasteiger partial charge in [0.15, 0.2) is 0 Å². The van der Waals surface area contributed by atoms with Gasteiger partial charge in [-0.25, -0.2) is 0 Å². The molecule has 0 aromatic carbocycles. The van der Waals surface area contributed by atoms with Gasteiger partial charge in [0, 0.05) is 0 Å². The van der Waals surface area contributed by atoms with Gasteiger partial charge in [-0.05, 0) is 13.1 Å². The smallest absolute Gasteiger partial charge is 0.668 e. The fourth-order valence-electron chi connectivity index (χ4n) is 0.678. The fourth-order valence-corrected chi connectivity index (χ4v) is 0.678. The molecule has 0 bridgehead atoms. The quantitative estimate of drug-likeness (QED) is 0.606. The fraction of sp³-hybridized carbons (Fsp3) is 0.857. The Bertz CT molecular complexity index is 35.4. The van der Waals surface area contributed by atoms with Gasteiger partial charge < -0.3 is 17.1 Å². The molecule has 0 spiro atoms. The molecule has 1 aliphatic heterocycles. The van der Waals surface area contributed by atoms with Crippen molar-refractivity contribution >= 4 is 0 Å². The van der Waals surface area contributed by atoms with Crippen molar-refractivity contribution < 1.29 is 32.7 Å². The Morgan fingerprint density at radius 1 is 1.20 bits per heavy atom. The zero-order valence-electron chi connectivity index (χ0n) is 6.93. The predicted molar refractivity (Wildman–Crippen MR) is 41.6 cm³/mol. The first kappa shape index (κ1) is 13.6. The molecular weight excluding hydrogens is 201 g/mol. The maximum Gasteiger partial charge on any atom is 3.00 e. The molecule has 1 rings (SSSR count). The molecule has 3 heteroatoms. The van der Waals surface area contributed by atoms with E-state index in [-0.39, 0.29) is 32.7 Å². The molecule has 0 unspecified atom stereocenters. The SMILES string of the molecule is C[N-]C.[CH-]1CCNCC1.[Y+3]. The van der Waals surface area contributed by atoms with Crippen molar-refractivity contribution in [1.82, 2.24) is 5.32 Å². The van der Waals surface area contributed by atoms with Gasteiger partial charge in [-0.15, -0.1) is 0 Å². The Morgan fingerprint density at radius 2 is 1.60 bits per heavy atom. The Kier molecular flexibility index (Phi) is 17.2. The van der Waals surface area contributed by atoms with Crippen molar-refractivity contribution in [2.75, 3.05) is 27.2 Å². The summed E-state index contributed by atoms with van der Waals surface area (Å²) in [5, 5.41) is 6.75. The zero-order chi connectivity index (χ0) is 6.95. The van der Waals surface area contributed by atoms with Crippen molar-refractivity contribution in [3.05, 3.63) is 11.7 Å². The predicted octanol–water partition coefficient (Wildman–Crippen LogP) is 1.19. The van der Waals surface area contributed by atoms with Gasteiger partial charge in [0.05, 0.1) is 0 Å². The van der Waals surface area contributed by atoms with E-state index < -0.39 is 0 Å². The molecule has 1 aliphatic rings. The van der Waals surface area contributed by atoms with E-state index in [1.807, 2.05) is 0 Å². The Labute approximate surface area is 89.4 Å². The maximum absolute atomic E-state index is 3.50. The molecule has 2 nitrogen and oxygen atoms in total. The van der Waals surface area contributed by atoms with E-state index in [4.69, 9.17) is 0 Å². The van der Waals surface area contributed by atoms with Crippen molar-refractivity contribution in [1.29, 1.82) is 0 Å². The topological polar surface area (TPSA) is 26.1 Å². The molecule has 56 valence electrons. The molecule has 1 heterocycles. The third-order valence-corrected chi connectivity index (χ3v) is 1.05. The monoisotopic (exact) mass is 217 g/mol. The molecule has 0 atom stereocenters. The van der Waals surface area contributed by atoms with Gasteiger partial charge in [0.25, 0.3) is 0 Å². The van der Waals surface area contributed by atoms with E-state index in [0.29, 0.717) is 0 Å². The first-order chi connectivity index (χ1) is 4.41. The van der Waals surface area contributed by atoms with Crippen molar-refractivity contribution in [3.63, 3.8) is 0 Å². The summed E-state index contributed by atoms with van der Waals surface area (Å²) in [7, 11) is 3.50. The number of hydrogen-bond donors (Lipinski definition) is 1. The molecule has 0 radical (unpaired) electrons. The van der Waals surface area contributed by atoms with Crippen LogP contribution in [0.2, 0.25) is 0 Å². The maximum atomic E-state index is 3.50. The van der Waals surface area contributed by atoms with E-state index >= 15 is 0 Å². The largest absolute Gasteiger partial charge is 3.00 e. The number of hydrogen-bond acceptors (Lipinski definition) is 1. The van der Waals surface area contributed by atoms with E-state index in [0.717, 1.165) is 0 Å². The molecule has 1 saturated heterocycles. The van der Waals surface area contributed by atoms with Crippen LogP contribution in [-0.4, -0.2) is 27.2 Å². The third-order valence-electron chi connectivity index (χ3n) is 1.05. The summed E-state index contributed by atoms with van der Waals surface area (Å²) in [6, 6.07) is 0. The second-order valence-corrected chi connectivity index (χ2v) is 2.06. The van der Waals surface area contributed by atoms with Crippen LogP contribution >= 0.6 is 0 Å². The van der Waals surface area contributed by atoms with Crippen LogP contribution in [-0.2, 0) is 32.7 Å². The Balaban J connectivity index is 0. The average Bonchev–Trinajstić information content (AvgIpc) is 1.93. The summed E-state index contributed by atoms with van der Waals surface area (Å²) < 4.78 is 0. The summed E-state index contributed by atoms with van der Waals surface area (Å²) in [5.74, 6) is 0. The molecule has 1 N–H and O–H groups in total. The van der Waals surface area contributed by atoms with Gasteiger partial charge in [0.1, 0.15) is 0 Å². The summed E-state index contributed by atoms with van der Waals surface area (Å²) >= 11 is 0. The second-order valence-electron chi connectivity index (χ2n) is 2.06. The van der Waals surface area contributed by atoms with E-state index in [1.165, 1.54) is 25.9 Å². The average molecular weight is 217 g/mol. The molecule has 0 aromatic rings. The minimum atomic E-state index is 0. The third kappa shape index (κ3) is 11.8. The zero-order valence-corrected chi connectivity index (χ0v) is 9.77. The number of rotatable bonds is 0. The van der Waals surface area contributed by atoms with Crippen molar-refractivity contribution in [3.8, 4) is 0 Å². The van der Waals surface area contributed by atoms with Crippen LogP contribution in [0.15, 0.2) is 0 Å². The van der Waals surface area contributed by atoms with Gasteiger partial charge in [-0.1, -0.05) is 0 Å². The van der Waals surface area contributed by atoms with Gasteiger partial charge in [-0.3, -0.25) is 0 Å². The molecular formula is C7H16N2Y+. The number of nitrogens with zero attached hydrogens (tertiary/aromatic N) is 1. The van der Waals surface area contributed by atoms with Crippen LogP contribution in [0.4, 0.5) is 0 Å². The summed E-state index contributed by atoms with van der Waals surface area (Å²) in [4.78, 5) is 0. The molecule has 10 heavy (non-hydrogen) atoms. The summed E-state index contributed by atoms with van der Waals surface area (Å²) in [5.41, 5.74) is 0. The normalized spacial score (nSPS) is 16.2. The first-order valence-corrected chi connectivity index (χ1v) is 3.42. The van der Waals surface area contributed by atoms with E-state index in [2.05, 4.69) is 17.1 Å². The van der Waals surface area contributed by atoms with Crippen LogP contribution in [0.25, 0.3) is 5.32 Å². The standard InChI is InChI=1S/C5H10N.C2H6N.Y/c1-2-4-6-5-3-1;1-3-2;/h1,6H,2-5H2;1-2H3;/q2*-1;+3. The van der Waals surface area contributed by atoms with Crippen LogP contribution in [0.3, 0.4) is 0 Å². The Hall–Kier alpha value is 1.02. The van der Waals surface area contributed by atoms with Crippen LogP contribution in [0.1, 0.15) is 12.8 Å². The molecule has 0 saturated carbocycles. The van der Waals surface area contributed by atoms with Crippen molar-refractivity contribution in [2.45, 2.75) is 12.8 Å². The van der Waals surface area contributed by atoms with E-state index in [9.17, 15) is 0 Å². The first-order valence-electron chi connectivity index (χ1n) is 3.42. The van der Waals surface area contributed by atoms with Crippen LogP contribution in [0, 0.1) is 6.42 Å². The summed E-state index contributed by atoms with van der Waals surface area (Å²) in [6.45, 7) is 2.39. The number of nitrogens with one attached hydrogen (secondary N) is 1. The van der Waals surface area contributed by atoms with Crippen LogP contribution in [0.5, 0.6) is 0 Å². The molecule has 0 aromatic heterocycles. The molecule has 0 aliphatic carbocycles. The van der Waals surface area contributed by atoms with Crippen molar-refractivity contribution in [2.24, 2.45) is 0 Å². The minimum Gasteiger partial charge on any atom is -0.668 e. The summed E-state index contributed by atoms with van der Waals surface area (Å²) in [6.07, 6.45) is 4.86. The van der Waals surface area contributed by atoms with Gasteiger partial charge >= 0.3 is 32.7 Å². The van der Waals surface area contributed by atoms with E-state index in [1.54, 1.807) is 14.1 Å². The number of piperidine rings is 1. The Morgan fingerprint density at radius 3 is 1.70 bits per heavy atom. The van der Waals surface area contributed by atoms with Gasteiger partial charge in [0.2, 0.25) is 0 Å². The molecule has 0 amide bonds. The second kappa shape index (κ2) is 12.7. The van der Waals surface area contributed by atoms with Crippen LogP contribution < -0.4 is 5.32 Å².